The van der Waals surface area contributed by atoms with Gasteiger partial charge in [0.1, 0.15) is 11.3 Å². The number of ether oxygens (including phenoxy) is 1. The number of allylic oxidation sites excluding steroid dienone is 1. The molecule has 0 aromatic carbocycles. The van der Waals surface area contributed by atoms with Crippen LogP contribution in [-0.4, -0.2) is 27.3 Å². The minimum Gasteiger partial charge on any atom is -0.461 e. The number of alkyl halides is 3. The Bertz CT molecular complexity index is 752. The van der Waals surface area contributed by atoms with Crippen molar-refractivity contribution in [3.63, 3.8) is 0 Å². The third-order valence-corrected chi connectivity index (χ3v) is 2.81. The Hall–Kier alpha value is -2.09. The number of imidazole rings is 1. The van der Waals surface area contributed by atoms with E-state index in [1.807, 2.05) is 0 Å². The molecule has 2 aromatic heterocycles. The Morgan fingerprint density at radius 1 is 1.41 bits per heavy atom. The Balaban J connectivity index is 2.73. The number of esters is 1. The smallest absolute Gasteiger partial charge is 0.376 e. The Morgan fingerprint density at radius 3 is 2.68 bits per heavy atom. The van der Waals surface area contributed by atoms with Gasteiger partial charge in [0, 0.05) is 6.20 Å². The van der Waals surface area contributed by atoms with Crippen LogP contribution in [0.3, 0.4) is 0 Å². The van der Waals surface area contributed by atoms with Gasteiger partial charge in [0.2, 0.25) is 5.83 Å². The van der Waals surface area contributed by atoms with Crippen LogP contribution in [0, 0.1) is 0 Å². The molecule has 9 heteroatoms. The maximum atomic E-state index is 14.0. The molecule has 0 fully saturated rings. The van der Waals surface area contributed by atoms with Crippen LogP contribution < -0.4 is 0 Å². The van der Waals surface area contributed by atoms with Crippen LogP contribution in [0.1, 0.15) is 23.1 Å². The first kappa shape index (κ1) is 16.3. The second-order valence-corrected chi connectivity index (χ2v) is 4.56. The van der Waals surface area contributed by atoms with Gasteiger partial charge in [-0.3, -0.25) is 4.40 Å². The molecule has 0 atom stereocenters. The molecule has 0 N–H and O–H groups in total. The zero-order valence-corrected chi connectivity index (χ0v) is 11.9. The van der Waals surface area contributed by atoms with Crippen LogP contribution >= 0.6 is 11.6 Å². The molecule has 0 aliphatic rings. The molecule has 0 aliphatic carbocycles. The van der Waals surface area contributed by atoms with Gasteiger partial charge >= 0.3 is 11.4 Å². The largest absolute Gasteiger partial charge is 0.461 e. The van der Waals surface area contributed by atoms with Crippen molar-refractivity contribution in [2.45, 2.75) is 12.3 Å². The number of fused-ring (bicyclic) bond motifs is 1. The first-order valence-electron chi connectivity index (χ1n) is 6.04. The summed E-state index contributed by atoms with van der Waals surface area (Å²) in [5.41, 5.74) is -1.35. The molecule has 2 heterocycles. The molecule has 0 radical (unpaired) electrons. The van der Waals surface area contributed by atoms with E-state index in [9.17, 15) is 22.4 Å². The van der Waals surface area contributed by atoms with Gasteiger partial charge in [-0.2, -0.15) is 8.78 Å². The monoisotopic (exact) mass is 336 g/mol. The van der Waals surface area contributed by atoms with E-state index in [0.29, 0.717) is 0 Å². The van der Waals surface area contributed by atoms with Gasteiger partial charge in [-0.15, -0.1) is 0 Å². The number of nitrogens with zero attached hydrogens (tertiary/aromatic N) is 2. The quantitative estimate of drug-likeness (QED) is 0.482. The highest BCUT2D eigenvalue weighted by Crippen LogP contribution is 2.37. The fourth-order valence-corrected chi connectivity index (χ4v) is 1.85. The van der Waals surface area contributed by atoms with Crippen molar-refractivity contribution in [1.82, 2.24) is 9.38 Å². The zero-order valence-electron chi connectivity index (χ0n) is 11.1. The predicted octanol–water partition coefficient (Wildman–Crippen LogP) is 3.95. The van der Waals surface area contributed by atoms with Crippen molar-refractivity contribution in [1.29, 1.82) is 0 Å². The highest BCUT2D eigenvalue weighted by atomic mass is 35.5. The average Bonchev–Trinajstić information content (AvgIpc) is 2.84. The molecule has 0 aliphatic heterocycles. The van der Waals surface area contributed by atoms with Gasteiger partial charge in [-0.1, -0.05) is 6.07 Å². The van der Waals surface area contributed by atoms with Gasteiger partial charge in [-0.05, 0) is 30.7 Å². The van der Waals surface area contributed by atoms with Crippen LogP contribution in [0.4, 0.5) is 17.6 Å². The highest BCUT2D eigenvalue weighted by molar-refractivity contribution is 6.23. The lowest BCUT2D eigenvalue weighted by Gasteiger charge is -2.07. The lowest BCUT2D eigenvalue weighted by atomic mass is 10.2. The summed E-state index contributed by atoms with van der Waals surface area (Å²) < 4.78 is 58.6. The molecule has 0 bridgehead atoms. The number of carbonyl (C=O) groups excluding carboxylic acids is 1. The van der Waals surface area contributed by atoms with Crippen LogP contribution in [0.2, 0.25) is 0 Å². The Kier molecular flexibility index (Phi) is 4.41. The van der Waals surface area contributed by atoms with Crippen LogP contribution in [-0.2, 0) is 4.74 Å². The first-order valence-corrected chi connectivity index (χ1v) is 6.42. The summed E-state index contributed by atoms with van der Waals surface area (Å²) in [4.78, 5) is 15.5. The van der Waals surface area contributed by atoms with Crippen LogP contribution in [0.25, 0.3) is 11.5 Å². The maximum absolute atomic E-state index is 14.0. The summed E-state index contributed by atoms with van der Waals surface area (Å²) in [6.07, 6.45) is 1.34. The van der Waals surface area contributed by atoms with Crippen LogP contribution in [0.5, 0.6) is 0 Å². The van der Waals surface area contributed by atoms with Gasteiger partial charge in [0.15, 0.2) is 11.5 Å². The van der Waals surface area contributed by atoms with Gasteiger partial charge in [0.25, 0.3) is 0 Å². The summed E-state index contributed by atoms with van der Waals surface area (Å²) in [6, 6.07) is 4.40. The molecular weight excluding hydrogens is 328 g/mol. The van der Waals surface area contributed by atoms with E-state index >= 15 is 0 Å². The molecule has 2 aromatic rings. The molecule has 118 valence electrons. The highest BCUT2D eigenvalue weighted by Gasteiger charge is 2.38. The SMILES string of the molecule is CCOC(=O)c1c(/C(F)=C(/F)C(F)(F)Cl)nc2ccccn12. The average molecular weight is 337 g/mol. The minimum absolute atomic E-state index is 0.0438. The Labute approximate surface area is 127 Å². The summed E-state index contributed by atoms with van der Waals surface area (Å²) >= 11 is 4.46. The van der Waals surface area contributed by atoms with E-state index in [-0.39, 0.29) is 12.3 Å². The lowest BCUT2D eigenvalue weighted by molar-refractivity contribution is 0.0517. The second kappa shape index (κ2) is 5.96. The third-order valence-electron chi connectivity index (χ3n) is 2.65. The molecule has 0 amide bonds. The first-order chi connectivity index (χ1) is 10.3. The fraction of sp³-hybridized carbons (Fsp3) is 0.231. The minimum atomic E-state index is -4.55. The molecule has 0 spiro atoms. The standard InChI is InChI=1S/C13H9ClF4N2O2/c1-2-22-12(21)10-9(8(15)11(16)13(14,17)18)19-7-5-3-4-6-20(7)10/h3-6H,2H2,1H3/b11-8-. The molecule has 0 saturated heterocycles. The van der Waals surface area contributed by atoms with Crippen molar-refractivity contribution in [3.05, 3.63) is 41.6 Å². The normalized spacial score (nSPS) is 13.2. The topological polar surface area (TPSA) is 43.6 Å². The van der Waals surface area contributed by atoms with Crippen molar-refractivity contribution in [2.75, 3.05) is 6.61 Å². The molecule has 0 saturated carbocycles. The Morgan fingerprint density at radius 2 is 2.09 bits per heavy atom. The van der Waals surface area contributed by atoms with E-state index in [0.717, 1.165) is 4.40 Å². The third kappa shape index (κ3) is 2.92. The maximum Gasteiger partial charge on any atom is 0.376 e. The molecule has 22 heavy (non-hydrogen) atoms. The number of hydrogen-bond acceptors (Lipinski definition) is 3. The summed E-state index contributed by atoms with van der Waals surface area (Å²) in [6.45, 7) is 1.46. The van der Waals surface area contributed by atoms with Crippen molar-refractivity contribution in [2.24, 2.45) is 0 Å². The second-order valence-electron chi connectivity index (χ2n) is 4.08. The predicted molar refractivity (Wildman–Crippen MR) is 71.1 cm³/mol. The number of hydrogen-bond donors (Lipinski definition) is 0. The van der Waals surface area contributed by atoms with Gasteiger partial charge in [0.05, 0.1) is 6.61 Å². The molecule has 4 nitrogen and oxygen atoms in total. The van der Waals surface area contributed by atoms with Crippen molar-refractivity contribution < 1.29 is 27.1 Å². The molecule has 0 unspecified atom stereocenters. The fourth-order valence-electron chi connectivity index (χ4n) is 1.77. The van der Waals surface area contributed by atoms with Gasteiger partial charge in [-0.25, -0.2) is 18.6 Å². The summed E-state index contributed by atoms with van der Waals surface area (Å²) in [5.74, 6) is -5.58. The lowest BCUT2D eigenvalue weighted by Crippen LogP contribution is -2.12. The summed E-state index contributed by atoms with van der Waals surface area (Å²) in [5, 5.41) is -4.55. The number of pyridine rings is 1. The van der Waals surface area contributed by atoms with Gasteiger partial charge < -0.3 is 4.74 Å². The van der Waals surface area contributed by atoms with Crippen molar-refractivity contribution in [3.8, 4) is 0 Å². The number of carbonyl (C=O) groups is 1. The van der Waals surface area contributed by atoms with E-state index in [2.05, 4.69) is 16.6 Å². The number of rotatable bonds is 4. The summed E-state index contributed by atoms with van der Waals surface area (Å²) in [7, 11) is 0. The van der Waals surface area contributed by atoms with Crippen molar-refractivity contribution >= 4 is 29.0 Å². The number of halogens is 5. The van der Waals surface area contributed by atoms with Crippen LogP contribution in [0.15, 0.2) is 30.2 Å². The van der Waals surface area contributed by atoms with E-state index in [4.69, 9.17) is 4.74 Å². The molecular formula is C13H9ClF4N2O2. The zero-order chi connectivity index (χ0) is 16.5. The van der Waals surface area contributed by atoms with E-state index in [1.165, 1.54) is 31.3 Å². The van der Waals surface area contributed by atoms with E-state index < -0.39 is 34.4 Å². The number of aromatic nitrogens is 2. The van der Waals surface area contributed by atoms with E-state index in [1.54, 1.807) is 0 Å². The molecule has 2 rings (SSSR count).